The fraction of sp³-hybridized carbons (Fsp3) is 0.409. The van der Waals surface area contributed by atoms with E-state index in [1.807, 2.05) is 43.1 Å². The van der Waals surface area contributed by atoms with Gasteiger partial charge in [-0.3, -0.25) is 9.69 Å². The zero-order valence-electron chi connectivity index (χ0n) is 17.4. The van der Waals surface area contributed by atoms with Crippen LogP contribution in [-0.2, 0) is 21.4 Å². The van der Waals surface area contributed by atoms with E-state index < -0.39 is 10.0 Å². The number of nitrogens with one attached hydrogen (secondary N) is 1. The van der Waals surface area contributed by atoms with Crippen molar-refractivity contribution in [2.24, 2.45) is 0 Å². The van der Waals surface area contributed by atoms with Gasteiger partial charge in [-0.05, 0) is 62.2 Å². The molecule has 1 fully saturated rings. The van der Waals surface area contributed by atoms with Crippen LogP contribution in [0.1, 0.15) is 30.4 Å². The number of aryl methyl sites for hydroxylation is 1. The predicted octanol–water partition coefficient (Wildman–Crippen LogP) is 3.89. The van der Waals surface area contributed by atoms with Crippen molar-refractivity contribution >= 4 is 33.2 Å². The van der Waals surface area contributed by atoms with E-state index in [9.17, 15) is 13.2 Å². The van der Waals surface area contributed by atoms with Crippen LogP contribution < -0.4 is 5.32 Å². The number of amides is 1. The lowest BCUT2D eigenvalue weighted by molar-refractivity contribution is -0.117. The largest absolute Gasteiger partial charge is 0.325 e. The van der Waals surface area contributed by atoms with Crippen LogP contribution in [0.2, 0.25) is 5.02 Å². The lowest BCUT2D eigenvalue weighted by Gasteiger charge is -2.26. The molecule has 0 aromatic heterocycles. The summed E-state index contributed by atoms with van der Waals surface area (Å²) < 4.78 is 27.4. The number of hydrogen-bond donors (Lipinski definition) is 1. The average Bonchev–Trinajstić information content (AvgIpc) is 2.71. The summed E-state index contributed by atoms with van der Waals surface area (Å²) in [6.45, 7) is 3.74. The van der Waals surface area contributed by atoms with Crippen LogP contribution in [0.4, 0.5) is 5.69 Å². The fourth-order valence-electron chi connectivity index (χ4n) is 3.54. The lowest BCUT2D eigenvalue weighted by Crippen LogP contribution is -2.35. The summed E-state index contributed by atoms with van der Waals surface area (Å²) in [5, 5.41) is 3.54. The Morgan fingerprint density at radius 3 is 2.43 bits per heavy atom. The molecule has 1 saturated heterocycles. The van der Waals surface area contributed by atoms with Gasteiger partial charge in [-0.1, -0.05) is 36.2 Å². The van der Waals surface area contributed by atoms with Crippen molar-refractivity contribution in [3.8, 4) is 0 Å². The molecular formula is C22H28ClN3O3S. The topological polar surface area (TPSA) is 69.7 Å². The maximum atomic E-state index is 12.9. The van der Waals surface area contributed by atoms with E-state index in [0.29, 0.717) is 30.3 Å². The number of carbonyl (C=O) groups is 1. The van der Waals surface area contributed by atoms with E-state index >= 15 is 0 Å². The Kier molecular flexibility index (Phi) is 7.52. The molecule has 0 unspecified atom stereocenters. The van der Waals surface area contributed by atoms with Gasteiger partial charge in [0.15, 0.2) is 0 Å². The monoisotopic (exact) mass is 449 g/mol. The van der Waals surface area contributed by atoms with Crippen molar-refractivity contribution < 1.29 is 13.2 Å². The number of carbonyl (C=O) groups excluding carboxylic acids is 1. The maximum absolute atomic E-state index is 12.9. The molecule has 0 spiro atoms. The van der Waals surface area contributed by atoms with Gasteiger partial charge in [-0.2, -0.15) is 4.31 Å². The number of hydrogen-bond acceptors (Lipinski definition) is 4. The van der Waals surface area contributed by atoms with Gasteiger partial charge in [0.25, 0.3) is 0 Å². The number of anilines is 1. The smallest absolute Gasteiger partial charge is 0.243 e. The van der Waals surface area contributed by atoms with Crippen LogP contribution in [0.25, 0.3) is 0 Å². The number of rotatable bonds is 7. The van der Waals surface area contributed by atoms with Gasteiger partial charge < -0.3 is 5.32 Å². The molecule has 3 rings (SSSR count). The SMILES string of the molecule is Cc1ccc(S(=O)(=O)N2CCCCC2)cc1NC(=O)CN(C)Cc1ccc(Cl)cc1. The van der Waals surface area contributed by atoms with Gasteiger partial charge in [0.2, 0.25) is 15.9 Å². The molecule has 2 aromatic rings. The third-order valence-electron chi connectivity index (χ3n) is 5.22. The molecule has 1 N–H and O–H groups in total. The summed E-state index contributed by atoms with van der Waals surface area (Å²) in [7, 11) is -1.68. The van der Waals surface area contributed by atoms with Gasteiger partial charge in [0.1, 0.15) is 0 Å². The maximum Gasteiger partial charge on any atom is 0.243 e. The quantitative estimate of drug-likeness (QED) is 0.696. The van der Waals surface area contributed by atoms with E-state index in [1.54, 1.807) is 18.2 Å². The highest BCUT2D eigenvalue weighted by Crippen LogP contribution is 2.25. The van der Waals surface area contributed by atoms with Crippen molar-refractivity contribution in [3.05, 3.63) is 58.6 Å². The number of benzene rings is 2. The summed E-state index contributed by atoms with van der Waals surface area (Å²) >= 11 is 5.91. The van der Waals surface area contributed by atoms with Crippen molar-refractivity contribution in [1.29, 1.82) is 0 Å². The second kappa shape index (κ2) is 9.92. The second-order valence-electron chi connectivity index (χ2n) is 7.79. The zero-order chi connectivity index (χ0) is 21.7. The number of halogens is 1. The Labute approximate surface area is 183 Å². The van der Waals surface area contributed by atoms with Gasteiger partial charge in [-0.15, -0.1) is 0 Å². The highest BCUT2D eigenvalue weighted by Gasteiger charge is 2.26. The predicted molar refractivity (Wildman–Crippen MR) is 120 cm³/mol. The molecule has 0 aliphatic carbocycles. The molecule has 8 heteroatoms. The Bertz CT molecular complexity index is 987. The van der Waals surface area contributed by atoms with Gasteiger partial charge in [0, 0.05) is 30.3 Å². The first kappa shape index (κ1) is 22.7. The average molecular weight is 450 g/mol. The summed E-state index contributed by atoms with van der Waals surface area (Å²) in [5.74, 6) is -0.193. The molecule has 162 valence electrons. The molecule has 0 bridgehead atoms. The minimum atomic E-state index is -3.54. The van der Waals surface area contributed by atoms with E-state index in [0.717, 1.165) is 30.4 Å². The highest BCUT2D eigenvalue weighted by molar-refractivity contribution is 7.89. The van der Waals surface area contributed by atoms with Crippen LogP contribution in [0.3, 0.4) is 0 Å². The third-order valence-corrected chi connectivity index (χ3v) is 7.36. The molecule has 1 heterocycles. The molecule has 0 radical (unpaired) electrons. The van der Waals surface area contributed by atoms with Crippen molar-refractivity contribution in [2.45, 2.75) is 37.6 Å². The zero-order valence-corrected chi connectivity index (χ0v) is 19.0. The van der Waals surface area contributed by atoms with Crippen LogP contribution in [0, 0.1) is 6.92 Å². The van der Waals surface area contributed by atoms with Crippen LogP contribution in [0.5, 0.6) is 0 Å². The first-order valence-electron chi connectivity index (χ1n) is 10.1. The molecule has 0 saturated carbocycles. The lowest BCUT2D eigenvalue weighted by atomic mass is 10.2. The van der Waals surface area contributed by atoms with Crippen LogP contribution in [-0.4, -0.2) is 50.2 Å². The van der Waals surface area contributed by atoms with Crippen molar-refractivity contribution in [3.63, 3.8) is 0 Å². The summed E-state index contributed by atoms with van der Waals surface area (Å²) in [6, 6.07) is 12.4. The number of likely N-dealkylation sites (N-methyl/N-ethyl adjacent to an activating group) is 1. The first-order chi connectivity index (χ1) is 14.3. The molecule has 30 heavy (non-hydrogen) atoms. The number of nitrogens with zero attached hydrogens (tertiary/aromatic N) is 2. The van der Waals surface area contributed by atoms with Crippen molar-refractivity contribution in [1.82, 2.24) is 9.21 Å². The molecular weight excluding hydrogens is 422 g/mol. The molecule has 0 atom stereocenters. The van der Waals surface area contributed by atoms with Gasteiger partial charge in [-0.25, -0.2) is 8.42 Å². The Balaban J connectivity index is 1.66. The molecule has 2 aromatic carbocycles. The minimum absolute atomic E-state index is 0.186. The summed E-state index contributed by atoms with van der Waals surface area (Å²) in [4.78, 5) is 14.7. The van der Waals surface area contributed by atoms with Crippen LogP contribution >= 0.6 is 11.6 Å². The highest BCUT2D eigenvalue weighted by atomic mass is 35.5. The van der Waals surface area contributed by atoms with Crippen LogP contribution in [0.15, 0.2) is 47.4 Å². The Hall–Kier alpha value is -1.93. The van der Waals surface area contributed by atoms with Gasteiger partial charge in [0.05, 0.1) is 11.4 Å². The molecule has 1 aliphatic heterocycles. The molecule has 1 aliphatic rings. The van der Waals surface area contributed by atoms with E-state index in [2.05, 4.69) is 5.32 Å². The first-order valence-corrected chi connectivity index (χ1v) is 11.9. The Morgan fingerprint density at radius 2 is 1.77 bits per heavy atom. The van der Waals surface area contributed by atoms with Gasteiger partial charge >= 0.3 is 0 Å². The normalized spacial score (nSPS) is 15.3. The Morgan fingerprint density at radius 1 is 1.10 bits per heavy atom. The van der Waals surface area contributed by atoms with E-state index in [1.165, 1.54) is 4.31 Å². The molecule has 6 nitrogen and oxygen atoms in total. The fourth-order valence-corrected chi connectivity index (χ4v) is 5.21. The number of sulfonamides is 1. The summed E-state index contributed by atoms with van der Waals surface area (Å²) in [5.41, 5.74) is 2.40. The third kappa shape index (κ3) is 5.82. The minimum Gasteiger partial charge on any atom is -0.325 e. The standard InChI is InChI=1S/C22H28ClN3O3S/c1-17-6-11-20(30(28,29)26-12-4-3-5-13-26)14-21(17)24-22(27)16-25(2)15-18-7-9-19(23)10-8-18/h6-11,14H,3-5,12-13,15-16H2,1-2H3,(H,24,27). The van der Waals surface area contributed by atoms with E-state index in [4.69, 9.17) is 11.6 Å². The number of piperidine rings is 1. The van der Waals surface area contributed by atoms with E-state index in [-0.39, 0.29) is 17.3 Å². The summed E-state index contributed by atoms with van der Waals surface area (Å²) in [6.07, 6.45) is 2.83. The van der Waals surface area contributed by atoms with Crippen molar-refractivity contribution in [2.75, 3.05) is 32.0 Å². The second-order valence-corrected chi connectivity index (χ2v) is 10.2. The molecule has 1 amide bonds.